The van der Waals surface area contributed by atoms with E-state index in [-0.39, 0.29) is 29.0 Å². The van der Waals surface area contributed by atoms with Gasteiger partial charge in [0.25, 0.3) is 5.91 Å². The molecule has 1 fully saturated rings. The average Bonchev–Trinajstić information content (AvgIpc) is 3.00. The lowest BCUT2D eigenvalue weighted by Crippen LogP contribution is -2.43. The van der Waals surface area contributed by atoms with Crippen molar-refractivity contribution in [1.29, 1.82) is 5.26 Å². The summed E-state index contributed by atoms with van der Waals surface area (Å²) in [5, 5.41) is 15.5. The van der Waals surface area contributed by atoms with Crippen LogP contribution in [0.15, 0.2) is 67.0 Å². The van der Waals surface area contributed by atoms with E-state index < -0.39 is 5.91 Å². The van der Waals surface area contributed by atoms with Crippen molar-refractivity contribution in [3.05, 3.63) is 95.1 Å². The Balaban J connectivity index is 1.28. The van der Waals surface area contributed by atoms with Gasteiger partial charge in [-0.05, 0) is 49.1 Å². The first-order valence-electron chi connectivity index (χ1n) is 13.7. The van der Waals surface area contributed by atoms with E-state index in [1.807, 2.05) is 30.3 Å². The molecule has 214 valence electrons. The lowest BCUT2D eigenvalue weighted by Gasteiger charge is -2.32. The third-order valence-electron chi connectivity index (χ3n) is 7.23. The predicted molar refractivity (Wildman–Crippen MR) is 160 cm³/mol. The molecule has 0 spiro atoms. The molecule has 1 aliphatic rings. The van der Waals surface area contributed by atoms with Crippen molar-refractivity contribution >= 4 is 23.4 Å². The van der Waals surface area contributed by atoms with Crippen LogP contribution in [-0.2, 0) is 6.54 Å². The molecule has 1 saturated heterocycles. The molecular formula is C31H32FN9O. The Labute approximate surface area is 243 Å². The largest absolute Gasteiger partial charge is 0.381 e. The van der Waals surface area contributed by atoms with E-state index in [2.05, 4.69) is 25.5 Å². The highest BCUT2D eigenvalue weighted by atomic mass is 19.1. The number of nitrogens with one attached hydrogen (secondary N) is 2. The molecule has 11 heteroatoms. The molecule has 1 amide bonds. The zero-order valence-electron chi connectivity index (χ0n) is 23.2. The third kappa shape index (κ3) is 6.62. The van der Waals surface area contributed by atoms with Gasteiger partial charge >= 0.3 is 0 Å². The van der Waals surface area contributed by atoms with Crippen LogP contribution in [0.5, 0.6) is 0 Å². The number of anilines is 3. The molecular weight excluding hydrogens is 533 g/mol. The second-order valence-corrected chi connectivity index (χ2v) is 10.3. The molecule has 0 aliphatic carbocycles. The maximum absolute atomic E-state index is 13.3. The van der Waals surface area contributed by atoms with E-state index in [0.717, 1.165) is 36.1 Å². The summed E-state index contributed by atoms with van der Waals surface area (Å²) >= 11 is 0. The van der Waals surface area contributed by atoms with Crippen molar-refractivity contribution in [2.75, 3.05) is 29.0 Å². The second kappa shape index (κ2) is 12.6. The van der Waals surface area contributed by atoms with E-state index in [1.54, 1.807) is 25.3 Å². The van der Waals surface area contributed by atoms with Gasteiger partial charge in [-0.1, -0.05) is 36.4 Å². The first-order chi connectivity index (χ1) is 20.3. The molecule has 42 heavy (non-hydrogen) atoms. The zero-order chi connectivity index (χ0) is 29.6. The summed E-state index contributed by atoms with van der Waals surface area (Å²) in [6.07, 6.45) is 5.05. The Kier molecular flexibility index (Phi) is 8.55. The van der Waals surface area contributed by atoms with E-state index in [9.17, 15) is 14.4 Å². The van der Waals surface area contributed by atoms with E-state index in [1.165, 1.54) is 24.4 Å². The minimum atomic E-state index is -0.401. The second-order valence-electron chi connectivity index (χ2n) is 10.3. The Morgan fingerprint density at radius 2 is 1.93 bits per heavy atom. The molecule has 4 aromatic rings. The number of carbonyl (C=O) groups is 1. The van der Waals surface area contributed by atoms with Crippen molar-refractivity contribution in [2.24, 2.45) is 5.73 Å². The van der Waals surface area contributed by atoms with Crippen molar-refractivity contribution < 1.29 is 9.18 Å². The number of carbonyl (C=O) groups excluding carboxylic acids is 1. The van der Waals surface area contributed by atoms with Gasteiger partial charge in [-0.3, -0.25) is 4.79 Å². The van der Waals surface area contributed by atoms with Gasteiger partial charge in [-0.25, -0.2) is 19.3 Å². The number of nitriles is 1. The number of piperidine rings is 1. The van der Waals surface area contributed by atoms with Gasteiger partial charge in [0.15, 0.2) is 11.6 Å². The van der Waals surface area contributed by atoms with Crippen LogP contribution in [0.25, 0.3) is 11.3 Å². The number of amides is 1. The smallest absolute Gasteiger partial charge is 0.255 e. The van der Waals surface area contributed by atoms with E-state index >= 15 is 0 Å². The van der Waals surface area contributed by atoms with Crippen LogP contribution in [-0.4, -0.2) is 40.0 Å². The molecule has 2 aromatic carbocycles. The van der Waals surface area contributed by atoms with Gasteiger partial charge in [0.05, 0.1) is 29.1 Å². The quantitative estimate of drug-likeness (QED) is 0.246. The maximum Gasteiger partial charge on any atom is 0.255 e. The number of hydrogen-bond donors (Lipinski definition) is 4. The minimum absolute atomic E-state index is 0.0887. The van der Waals surface area contributed by atoms with Gasteiger partial charge in [0.2, 0.25) is 0 Å². The number of benzene rings is 2. The first-order valence-corrected chi connectivity index (χ1v) is 13.7. The van der Waals surface area contributed by atoms with Crippen LogP contribution in [0.4, 0.5) is 21.8 Å². The van der Waals surface area contributed by atoms with Crippen LogP contribution in [0.1, 0.15) is 52.9 Å². The molecule has 5 rings (SSSR count). The fourth-order valence-corrected chi connectivity index (χ4v) is 4.89. The first kappa shape index (κ1) is 28.4. The summed E-state index contributed by atoms with van der Waals surface area (Å²) < 4.78 is 13.3. The van der Waals surface area contributed by atoms with Gasteiger partial charge in [0, 0.05) is 37.4 Å². The molecule has 0 bridgehead atoms. The average molecular weight is 566 g/mol. The van der Waals surface area contributed by atoms with Gasteiger partial charge in [-0.2, -0.15) is 5.26 Å². The lowest BCUT2D eigenvalue weighted by molar-refractivity contribution is 0.0940. The number of nitrogens with two attached hydrogens (primary N) is 2. The summed E-state index contributed by atoms with van der Waals surface area (Å²) in [6.45, 7) is 3.73. The fraction of sp³-hybridized carbons (Fsp3) is 0.258. The summed E-state index contributed by atoms with van der Waals surface area (Å²) in [7, 11) is 0. The summed E-state index contributed by atoms with van der Waals surface area (Å²) in [4.78, 5) is 28.8. The number of nitrogens with zero attached hydrogens (tertiary/aromatic N) is 5. The zero-order valence-corrected chi connectivity index (χ0v) is 23.2. The third-order valence-corrected chi connectivity index (χ3v) is 7.23. The van der Waals surface area contributed by atoms with Crippen LogP contribution >= 0.6 is 0 Å². The molecule has 2 atom stereocenters. The van der Waals surface area contributed by atoms with Crippen LogP contribution < -0.4 is 27.0 Å². The highest BCUT2D eigenvalue weighted by Crippen LogP contribution is 2.27. The number of halogens is 1. The van der Waals surface area contributed by atoms with Crippen LogP contribution in [0, 0.1) is 17.1 Å². The van der Waals surface area contributed by atoms with Crippen molar-refractivity contribution in [3.63, 3.8) is 0 Å². The van der Waals surface area contributed by atoms with Gasteiger partial charge in [-0.15, -0.1) is 0 Å². The molecule has 0 saturated carbocycles. The Bertz CT molecular complexity index is 1600. The summed E-state index contributed by atoms with van der Waals surface area (Å²) in [6, 6.07) is 17.0. The standard InChI is InChI=1S/C31H32FN9O/c1-19(22-8-10-24(32)11-9-22)39-31(42)26-13-21(14-33)16-38-29(26)37-15-20-4-6-23(7-5-20)27-17-36-28(35)30(40-27)41-12-2-3-25(34)18-41/h4-11,13,16-17,19,25H,2-3,12,15,18,34H2,1H3,(H2,35,36)(H,37,38)(H,39,42)/t19-,25-/m0/s1. The summed E-state index contributed by atoms with van der Waals surface area (Å²) in [5.74, 6) is 0.629. The predicted octanol–water partition coefficient (Wildman–Crippen LogP) is 4.16. The topological polar surface area (TPSA) is 159 Å². The molecule has 3 heterocycles. The van der Waals surface area contributed by atoms with Crippen LogP contribution in [0.2, 0.25) is 0 Å². The number of aromatic nitrogens is 3. The van der Waals surface area contributed by atoms with Crippen molar-refractivity contribution in [2.45, 2.75) is 38.4 Å². The molecule has 2 aromatic heterocycles. The van der Waals surface area contributed by atoms with E-state index in [4.69, 9.17) is 16.5 Å². The number of pyridine rings is 1. The lowest BCUT2D eigenvalue weighted by atomic mass is 10.1. The fourth-order valence-electron chi connectivity index (χ4n) is 4.89. The Hall–Kier alpha value is -5.08. The summed E-state index contributed by atoms with van der Waals surface area (Å²) in [5.41, 5.74) is 16.1. The Morgan fingerprint density at radius 1 is 1.17 bits per heavy atom. The monoisotopic (exact) mass is 565 g/mol. The Morgan fingerprint density at radius 3 is 2.64 bits per heavy atom. The minimum Gasteiger partial charge on any atom is -0.381 e. The molecule has 0 unspecified atom stereocenters. The van der Waals surface area contributed by atoms with Gasteiger partial charge in [0.1, 0.15) is 17.7 Å². The van der Waals surface area contributed by atoms with Crippen molar-refractivity contribution in [3.8, 4) is 17.3 Å². The number of nitrogen functional groups attached to an aromatic ring is 1. The molecule has 10 nitrogen and oxygen atoms in total. The molecule has 6 N–H and O–H groups in total. The van der Waals surface area contributed by atoms with Crippen molar-refractivity contribution in [1.82, 2.24) is 20.3 Å². The SMILES string of the molecule is C[C@H](NC(=O)c1cc(C#N)cnc1NCc1ccc(-c2cnc(N)c(N3CCC[C@H](N)C3)n2)cc1)c1ccc(F)cc1. The van der Waals surface area contributed by atoms with Crippen LogP contribution in [0.3, 0.4) is 0 Å². The molecule has 1 aliphatic heterocycles. The highest BCUT2D eigenvalue weighted by molar-refractivity contribution is 5.99. The van der Waals surface area contributed by atoms with E-state index in [0.29, 0.717) is 36.2 Å². The molecule has 0 radical (unpaired) electrons. The highest BCUT2D eigenvalue weighted by Gasteiger charge is 2.21. The maximum atomic E-state index is 13.3. The number of rotatable bonds is 8. The van der Waals surface area contributed by atoms with Gasteiger partial charge < -0.3 is 27.0 Å². The normalized spacial score (nSPS) is 15.5. The number of hydrogen-bond acceptors (Lipinski definition) is 9.